The maximum atomic E-state index is 15.7. The molecule has 0 bridgehead atoms. The molecule has 0 unspecified atom stereocenters. The number of H-pyrrole nitrogens is 1. The average Bonchev–Trinajstić information content (AvgIpc) is 3.50. The fourth-order valence-corrected chi connectivity index (χ4v) is 5.97. The van der Waals surface area contributed by atoms with E-state index >= 15 is 8.78 Å². The van der Waals surface area contributed by atoms with Gasteiger partial charge in [-0.05, 0) is 47.0 Å². The standard InChI is InChI=1S/C37H31F2N3O6/c1-47-30-14-21(19-43)15-31(48-2)32(30)25-11-10-22(24-9-6-12-40-35(24)25)16-29(37(45)46)42-36(44)33-27(38)18-28-26(34(33)39)17-23(41-28)13-20-7-4-3-5-8-20/h3-12,14-15,17-18,29,41,43H,13,16,19H2,1-2H3,(H,42,44)(H,45,46)/t29-/m0/s1. The topological polar surface area (TPSA) is 134 Å². The van der Waals surface area contributed by atoms with Gasteiger partial charge in [-0.3, -0.25) is 9.78 Å². The van der Waals surface area contributed by atoms with Gasteiger partial charge in [-0.15, -0.1) is 0 Å². The van der Waals surface area contributed by atoms with Crippen molar-refractivity contribution in [3.05, 3.63) is 125 Å². The van der Waals surface area contributed by atoms with Crippen molar-refractivity contribution in [3.8, 4) is 22.6 Å². The fraction of sp³-hybridized carbons (Fsp3) is 0.162. The number of nitrogens with one attached hydrogen (secondary N) is 2. The summed E-state index contributed by atoms with van der Waals surface area (Å²) in [5.41, 5.74) is 3.70. The Morgan fingerprint density at radius 2 is 1.65 bits per heavy atom. The van der Waals surface area contributed by atoms with E-state index in [-0.39, 0.29) is 23.9 Å². The van der Waals surface area contributed by atoms with E-state index in [4.69, 9.17) is 9.47 Å². The normalized spacial score (nSPS) is 11.9. The number of carbonyl (C=O) groups excluding carboxylic acids is 1. The summed E-state index contributed by atoms with van der Waals surface area (Å²) in [4.78, 5) is 33.3. The Labute approximate surface area is 273 Å². The van der Waals surface area contributed by atoms with Gasteiger partial charge in [-0.1, -0.05) is 48.5 Å². The Bertz CT molecular complexity index is 2140. The number of amides is 1. The van der Waals surface area contributed by atoms with E-state index in [9.17, 15) is 19.8 Å². The van der Waals surface area contributed by atoms with E-state index in [2.05, 4.69) is 15.3 Å². The zero-order valence-electron chi connectivity index (χ0n) is 26.0. The highest BCUT2D eigenvalue weighted by Crippen LogP contribution is 2.43. The molecule has 6 rings (SSSR count). The second-order valence-corrected chi connectivity index (χ2v) is 11.2. The van der Waals surface area contributed by atoms with Crippen LogP contribution >= 0.6 is 0 Å². The lowest BCUT2D eigenvalue weighted by molar-refractivity contribution is -0.139. The number of benzene rings is 4. The van der Waals surface area contributed by atoms with Crippen LogP contribution in [0.3, 0.4) is 0 Å². The number of carboxylic acid groups (broad SMARTS) is 1. The lowest BCUT2D eigenvalue weighted by Crippen LogP contribution is -2.43. The van der Waals surface area contributed by atoms with Crippen LogP contribution in [-0.2, 0) is 24.2 Å². The Balaban J connectivity index is 1.32. The number of aliphatic carboxylic acids is 1. The summed E-state index contributed by atoms with van der Waals surface area (Å²) in [6.45, 7) is -0.227. The molecule has 4 aromatic carbocycles. The smallest absolute Gasteiger partial charge is 0.326 e. The van der Waals surface area contributed by atoms with Crippen LogP contribution in [0.1, 0.15) is 32.7 Å². The Morgan fingerprint density at radius 1 is 0.917 bits per heavy atom. The largest absolute Gasteiger partial charge is 0.496 e. The molecule has 6 aromatic rings. The van der Waals surface area contributed by atoms with Gasteiger partial charge < -0.3 is 30.0 Å². The summed E-state index contributed by atoms with van der Waals surface area (Å²) >= 11 is 0. The van der Waals surface area contributed by atoms with Gasteiger partial charge >= 0.3 is 5.97 Å². The van der Waals surface area contributed by atoms with E-state index in [0.717, 1.165) is 11.6 Å². The highest BCUT2D eigenvalue weighted by Gasteiger charge is 2.28. The first-order valence-electron chi connectivity index (χ1n) is 15.0. The molecule has 0 aliphatic carbocycles. The minimum Gasteiger partial charge on any atom is -0.496 e. The molecular weight excluding hydrogens is 620 g/mol. The summed E-state index contributed by atoms with van der Waals surface area (Å²) in [6, 6.07) is 20.7. The number of hydrogen-bond acceptors (Lipinski definition) is 6. The predicted octanol–water partition coefficient (Wildman–Crippen LogP) is 6.19. The van der Waals surface area contributed by atoms with Crippen LogP contribution in [0.4, 0.5) is 8.78 Å². The number of nitrogens with zero attached hydrogens (tertiary/aromatic N) is 1. The summed E-state index contributed by atoms with van der Waals surface area (Å²) < 4.78 is 42.1. The average molecular weight is 652 g/mol. The molecule has 0 aliphatic rings. The number of aromatic amines is 1. The van der Waals surface area contributed by atoms with Crippen LogP contribution in [0, 0.1) is 11.6 Å². The van der Waals surface area contributed by atoms with Gasteiger partial charge in [-0.2, -0.15) is 0 Å². The molecule has 244 valence electrons. The SMILES string of the molecule is COc1cc(CO)cc(OC)c1-c1ccc(C[C@H](NC(=O)c2c(F)cc3[nH]c(Cc4ccccc4)cc3c2F)C(=O)O)c2cccnc12. The molecule has 0 saturated carbocycles. The highest BCUT2D eigenvalue weighted by atomic mass is 19.1. The molecule has 0 spiro atoms. The van der Waals surface area contributed by atoms with Crippen molar-refractivity contribution in [2.24, 2.45) is 0 Å². The van der Waals surface area contributed by atoms with Gasteiger partial charge in [0.05, 0.1) is 37.4 Å². The number of aliphatic hydroxyl groups excluding tert-OH is 1. The fourth-order valence-electron chi connectivity index (χ4n) is 5.97. The number of carboxylic acids is 1. The molecular formula is C37H31F2N3O6. The molecule has 4 N–H and O–H groups in total. The van der Waals surface area contributed by atoms with E-state index in [0.29, 0.717) is 56.8 Å². The Hall–Kier alpha value is -5.81. The van der Waals surface area contributed by atoms with Gasteiger partial charge in [-0.25, -0.2) is 13.6 Å². The van der Waals surface area contributed by atoms with Crippen LogP contribution in [0.2, 0.25) is 0 Å². The number of methoxy groups -OCH3 is 2. The molecule has 1 amide bonds. The second-order valence-electron chi connectivity index (χ2n) is 11.2. The number of halogens is 2. The summed E-state index contributed by atoms with van der Waals surface area (Å²) in [7, 11) is 2.99. The van der Waals surface area contributed by atoms with Crippen molar-refractivity contribution < 1.29 is 38.1 Å². The number of carbonyl (C=O) groups is 2. The second kappa shape index (κ2) is 13.5. The number of ether oxygens (including phenoxy) is 2. The lowest BCUT2D eigenvalue weighted by atomic mass is 9.93. The van der Waals surface area contributed by atoms with Crippen LogP contribution in [0.15, 0.2) is 85.1 Å². The molecule has 11 heteroatoms. The van der Waals surface area contributed by atoms with Crippen molar-refractivity contribution in [2.45, 2.75) is 25.5 Å². The van der Waals surface area contributed by atoms with Gasteiger partial charge in [0, 0.05) is 41.1 Å². The third-order valence-corrected chi connectivity index (χ3v) is 8.24. The number of rotatable bonds is 11. The van der Waals surface area contributed by atoms with Gasteiger partial charge in [0.15, 0.2) is 0 Å². The molecule has 48 heavy (non-hydrogen) atoms. The number of aliphatic hydroxyl groups is 1. The third-order valence-electron chi connectivity index (χ3n) is 8.24. The van der Waals surface area contributed by atoms with Crippen molar-refractivity contribution in [2.75, 3.05) is 14.2 Å². The van der Waals surface area contributed by atoms with Gasteiger partial charge in [0.25, 0.3) is 5.91 Å². The molecule has 9 nitrogen and oxygen atoms in total. The Morgan fingerprint density at radius 3 is 2.31 bits per heavy atom. The maximum Gasteiger partial charge on any atom is 0.326 e. The van der Waals surface area contributed by atoms with Crippen LogP contribution in [0.5, 0.6) is 11.5 Å². The molecule has 0 radical (unpaired) electrons. The van der Waals surface area contributed by atoms with Crippen LogP contribution in [-0.4, -0.2) is 52.3 Å². The van der Waals surface area contributed by atoms with Crippen molar-refractivity contribution in [3.63, 3.8) is 0 Å². The molecule has 0 saturated heterocycles. The molecule has 0 fully saturated rings. The van der Waals surface area contributed by atoms with E-state index < -0.39 is 35.1 Å². The summed E-state index contributed by atoms with van der Waals surface area (Å²) in [5.74, 6) is -3.92. The number of fused-ring (bicyclic) bond motifs is 2. The maximum absolute atomic E-state index is 15.7. The number of aromatic nitrogens is 2. The molecule has 2 aromatic heterocycles. The zero-order valence-corrected chi connectivity index (χ0v) is 26.0. The Kier molecular flexibility index (Phi) is 9.04. The lowest BCUT2D eigenvalue weighted by Gasteiger charge is -2.19. The highest BCUT2D eigenvalue weighted by molar-refractivity contribution is 6.02. The first kappa shape index (κ1) is 32.1. The van der Waals surface area contributed by atoms with E-state index in [1.54, 1.807) is 42.6 Å². The zero-order chi connectivity index (χ0) is 33.9. The van der Waals surface area contributed by atoms with Crippen LogP contribution in [0.25, 0.3) is 32.9 Å². The summed E-state index contributed by atoms with van der Waals surface area (Å²) in [6.07, 6.45) is 1.81. The minimum absolute atomic E-state index is 0.0184. The number of hydrogen-bond donors (Lipinski definition) is 4. The van der Waals surface area contributed by atoms with Gasteiger partial charge in [0.2, 0.25) is 0 Å². The first-order chi connectivity index (χ1) is 23.2. The molecule has 0 aliphatic heterocycles. The van der Waals surface area contributed by atoms with Crippen LogP contribution < -0.4 is 14.8 Å². The van der Waals surface area contributed by atoms with E-state index in [1.807, 2.05) is 30.3 Å². The van der Waals surface area contributed by atoms with Crippen molar-refractivity contribution in [1.29, 1.82) is 0 Å². The van der Waals surface area contributed by atoms with E-state index in [1.165, 1.54) is 20.3 Å². The quantitative estimate of drug-likeness (QED) is 0.131. The molecule has 1 atom stereocenters. The number of pyridine rings is 1. The van der Waals surface area contributed by atoms with Gasteiger partial charge in [0.1, 0.15) is 34.7 Å². The minimum atomic E-state index is -1.53. The third kappa shape index (κ3) is 6.15. The first-order valence-corrected chi connectivity index (χ1v) is 15.0. The van der Waals surface area contributed by atoms with Crippen molar-refractivity contribution in [1.82, 2.24) is 15.3 Å². The molecule has 2 heterocycles. The monoisotopic (exact) mass is 651 g/mol. The van der Waals surface area contributed by atoms with Crippen molar-refractivity contribution >= 4 is 33.7 Å². The predicted molar refractivity (Wildman–Crippen MR) is 176 cm³/mol. The summed E-state index contributed by atoms with van der Waals surface area (Å²) in [5, 5.41) is 22.7.